The number of halogens is 1. The first-order valence-electron chi connectivity index (χ1n) is 8.02. The van der Waals surface area contributed by atoms with E-state index in [2.05, 4.69) is 10.2 Å². The Morgan fingerprint density at radius 2 is 1.60 bits per heavy atom. The lowest BCUT2D eigenvalue weighted by molar-refractivity contribution is -0.120. The number of nitrogens with two attached hydrogens (primary N) is 1. The highest BCUT2D eigenvalue weighted by Gasteiger charge is 2.19. The van der Waals surface area contributed by atoms with E-state index in [1.807, 2.05) is 10.2 Å². The maximum absolute atomic E-state index is 12.8. The second-order valence-electron chi connectivity index (χ2n) is 5.84. The van der Waals surface area contributed by atoms with E-state index in [0.717, 1.165) is 13.1 Å². The number of imide groups is 1. The van der Waals surface area contributed by atoms with Crippen molar-refractivity contribution in [1.82, 2.24) is 15.1 Å². The molecule has 0 aliphatic carbocycles. The SMILES string of the molecule is NC(=O)NC(=O)CCN1CCN(CC(=O)Nc2ccc(F)cc2)CC1. The Labute approximate surface area is 145 Å². The predicted octanol–water partition coefficient (Wildman–Crippen LogP) is -0.0332. The molecule has 0 saturated carbocycles. The van der Waals surface area contributed by atoms with Crippen LogP contribution in [0.2, 0.25) is 0 Å². The van der Waals surface area contributed by atoms with Crippen LogP contribution in [-0.4, -0.2) is 66.9 Å². The third-order valence-corrected chi connectivity index (χ3v) is 3.88. The van der Waals surface area contributed by atoms with Gasteiger partial charge in [-0.25, -0.2) is 9.18 Å². The van der Waals surface area contributed by atoms with Gasteiger partial charge in [-0.05, 0) is 24.3 Å². The lowest BCUT2D eigenvalue weighted by Gasteiger charge is -2.34. The van der Waals surface area contributed by atoms with E-state index < -0.39 is 11.9 Å². The van der Waals surface area contributed by atoms with Crippen LogP contribution in [0.1, 0.15) is 6.42 Å². The van der Waals surface area contributed by atoms with Gasteiger partial charge >= 0.3 is 6.03 Å². The molecule has 1 aliphatic heterocycles. The molecule has 0 atom stereocenters. The van der Waals surface area contributed by atoms with Crippen molar-refractivity contribution in [2.24, 2.45) is 5.73 Å². The van der Waals surface area contributed by atoms with Crippen molar-refractivity contribution in [3.63, 3.8) is 0 Å². The number of nitrogens with one attached hydrogen (secondary N) is 2. The Morgan fingerprint density at radius 1 is 1.00 bits per heavy atom. The third kappa shape index (κ3) is 6.86. The average molecular weight is 351 g/mol. The van der Waals surface area contributed by atoms with Gasteiger partial charge in [0.1, 0.15) is 5.82 Å². The molecule has 25 heavy (non-hydrogen) atoms. The van der Waals surface area contributed by atoms with E-state index in [0.29, 0.717) is 25.3 Å². The Bertz CT molecular complexity index is 615. The number of hydrogen-bond donors (Lipinski definition) is 3. The van der Waals surface area contributed by atoms with Crippen molar-refractivity contribution in [2.75, 3.05) is 44.6 Å². The minimum Gasteiger partial charge on any atom is -0.351 e. The number of anilines is 1. The monoisotopic (exact) mass is 351 g/mol. The van der Waals surface area contributed by atoms with Gasteiger partial charge in [0.2, 0.25) is 11.8 Å². The summed E-state index contributed by atoms with van der Waals surface area (Å²) in [5, 5.41) is 4.76. The number of rotatable bonds is 6. The first-order valence-corrected chi connectivity index (χ1v) is 8.02. The number of benzene rings is 1. The fourth-order valence-electron chi connectivity index (χ4n) is 2.57. The summed E-state index contributed by atoms with van der Waals surface area (Å²) in [7, 11) is 0. The Morgan fingerprint density at radius 3 is 2.20 bits per heavy atom. The van der Waals surface area contributed by atoms with Crippen molar-refractivity contribution in [2.45, 2.75) is 6.42 Å². The summed E-state index contributed by atoms with van der Waals surface area (Å²) >= 11 is 0. The molecule has 136 valence electrons. The molecule has 1 aromatic rings. The number of urea groups is 1. The van der Waals surface area contributed by atoms with E-state index in [1.165, 1.54) is 24.3 Å². The fourth-order valence-corrected chi connectivity index (χ4v) is 2.57. The van der Waals surface area contributed by atoms with Crippen molar-refractivity contribution in [3.05, 3.63) is 30.1 Å². The van der Waals surface area contributed by atoms with Crippen molar-refractivity contribution in [1.29, 1.82) is 0 Å². The van der Waals surface area contributed by atoms with Crippen LogP contribution in [-0.2, 0) is 9.59 Å². The van der Waals surface area contributed by atoms with Crippen molar-refractivity contribution in [3.8, 4) is 0 Å². The van der Waals surface area contributed by atoms with Gasteiger partial charge in [-0.15, -0.1) is 0 Å². The number of hydrogen-bond acceptors (Lipinski definition) is 5. The summed E-state index contributed by atoms with van der Waals surface area (Å²) < 4.78 is 12.8. The number of nitrogens with zero attached hydrogens (tertiary/aromatic N) is 2. The summed E-state index contributed by atoms with van der Waals surface area (Å²) in [5.74, 6) is -0.895. The largest absolute Gasteiger partial charge is 0.351 e. The lowest BCUT2D eigenvalue weighted by Crippen LogP contribution is -2.49. The second-order valence-corrected chi connectivity index (χ2v) is 5.84. The van der Waals surface area contributed by atoms with Crippen LogP contribution < -0.4 is 16.4 Å². The molecule has 2 rings (SSSR count). The minimum absolute atomic E-state index is 0.152. The number of piperazine rings is 1. The van der Waals surface area contributed by atoms with E-state index in [9.17, 15) is 18.8 Å². The molecule has 9 heteroatoms. The van der Waals surface area contributed by atoms with Crippen LogP contribution >= 0.6 is 0 Å². The number of carbonyl (C=O) groups excluding carboxylic acids is 3. The Hall–Kier alpha value is -2.52. The van der Waals surface area contributed by atoms with Gasteiger partial charge in [0.25, 0.3) is 0 Å². The zero-order valence-electron chi connectivity index (χ0n) is 13.8. The molecule has 1 heterocycles. The molecule has 1 saturated heterocycles. The zero-order chi connectivity index (χ0) is 18.2. The van der Waals surface area contributed by atoms with Gasteiger partial charge in [0.05, 0.1) is 6.54 Å². The van der Waals surface area contributed by atoms with E-state index >= 15 is 0 Å². The average Bonchev–Trinajstić information content (AvgIpc) is 2.56. The van der Waals surface area contributed by atoms with E-state index in [1.54, 1.807) is 0 Å². The molecule has 0 unspecified atom stereocenters. The molecule has 0 aromatic heterocycles. The Kier molecular flexibility index (Phi) is 6.84. The smallest absolute Gasteiger partial charge is 0.318 e. The molecule has 0 spiro atoms. The van der Waals surface area contributed by atoms with Crippen molar-refractivity contribution >= 4 is 23.5 Å². The van der Waals surface area contributed by atoms with Gasteiger partial charge in [-0.2, -0.15) is 0 Å². The van der Waals surface area contributed by atoms with Gasteiger partial charge in [-0.3, -0.25) is 19.8 Å². The first kappa shape index (κ1) is 18.8. The van der Waals surface area contributed by atoms with Crippen LogP contribution in [0.4, 0.5) is 14.9 Å². The summed E-state index contributed by atoms with van der Waals surface area (Å²) in [6.45, 7) is 3.66. The summed E-state index contributed by atoms with van der Waals surface area (Å²) in [5.41, 5.74) is 5.44. The molecule has 1 aromatic carbocycles. The lowest BCUT2D eigenvalue weighted by atomic mass is 10.2. The highest BCUT2D eigenvalue weighted by molar-refractivity contribution is 5.93. The maximum Gasteiger partial charge on any atom is 0.318 e. The summed E-state index contributed by atoms with van der Waals surface area (Å²) in [4.78, 5) is 38.1. The van der Waals surface area contributed by atoms with Crippen LogP contribution in [0, 0.1) is 5.82 Å². The number of carbonyl (C=O) groups is 3. The highest BCUT2D eigenvalue weighted by Crippen LogP contribution is 2.09. The quantitative estimate of drug-likeness (QED) is 0.667. The van der Waals surface area contributed by atoms with Gasteiger partial charge in [0.15, 0.2) is 0 Å². The first-order chi connectivity index (χ1) is 11.9. The molecule has 1 aliphatic rings. The molecule has 0 radical (unpaired) electrons. The zero-order valence-corrected chi connectivity index (χ0v) is 13.8. The van der Waals surface area contributed by atoms with Gasteiger partial charge in [0, 0.05) is 44.8 Å². The fraction of sp³-hybridized carbons (Fsp3) is 0.438. The number of primary amides is 1. The van der Waals surface area contributed by atoms with Crippen LogP contribution in [0.15, 0.2) is 24.3 Å². The van der Waals surface area contributed by atoms with Crippen molar-refractivity contribution < 1.29 is 18.8 Å². The molecule has 4 N–H and O–H groups in total. The van der Waals surface area contributed by atoms with Gasteiger partial charge in [-0.1, -0.05) is 0 Å². The van der Waals surface area contributed by atoms with Crippen LogP contribution in [0.25, 0.3) is 0 Å². The number of amides is 4. The van der Waals surface area contributed by atoms with E-state index in [-0.39, 0.29) is 24.7 Å². The molecule has 1 fully saturated rings. The predicted molar refractivity (Wildman–Crippen MR) is 90.3 cm³/mol. The molecule has 0 bridgehead atoms. The maximum atomic E-state index is 12.8. The normalized spacial score (nSPS) is 15.6. The minimum atomic E-state index is -0.845. The Balaban J connectivity index is 1.66. The standard InChI is InChI=1S/C16H22FN5O3/c17-12-1-3-13(4-2-12)19-15(24)11-22-9-7-21(8-10-22)6-5-14(23)20-16(18)25/h1-4H,5-11H2,(H,19,24)(H3,18,20,23,25). The van der Waals surface area contributed by atoms with Gasteiger partial charge < -0.3 is 16.0 Å². The molecule has 4 amide bonds. The topological polar surface area (TPSA) is 108 Å². The highest BCUT2D eigenvalue weighted by atomic mass is 19.1. The molecular weight excluding hydrogens is 329 g/mol. The second kappa shape index (κ2) is 9.09. The van der Waals surface area contributed by atoms with Crippen LogP contribution in [0.3, 0.4) is 0 Å². The molecular formula is C16H22FN5O3. The third-order valence-electron chi connectivity index (χ3n) is 3.88. The van der Waals surface area contributed by atoms with Crippen LogP contribution in [0.5, 0.6) is 0 Å². The van der Waals surface area contributed by atoms with E-state index in [4.69, 9.17) is 5.73 Å². The summed E-state index contributed by atoms with van der Waals surface area (Å²) in [6, 6.07) is 4.78. The molecule has 8 nitrogen and oxygen atoms in total. The summed E-state index contributed by atoms with van der Waals surface area (Å²) in [6.07, 6.45) is 0.202.